The monoisotopic (exact) mass is 420 g/mol. The molecule has 0 bridgehead atoms. The first-order valence-electron chi connectivity index (χ1n) is 10.2. The molecule has 0 aliphatic heterocycles. The number of benzene rings is 2. The van der Waals surface area contributed by atoms with Gasteiger partial charge in [0.25, 0.3) is 6.47 Å². The van der Waals surface area contributed by atoms with Crippen molar-refractivity contribution >= 4 is 23.9 Å². The number of nitrogens with two attached hydrogens (primary N) is 1. The summed E-state index contributed by atoms with van der Waals surface area (Å²) in [5.74, 6) is 1.26. The molecule has 2 amide bonds. The Balaban J connectivity index is 1.50. The maximum atomic E-state index is 12.1. The predicted octanol–water partition coefficient (Wildman–Crippen LogP) is 4.46. The van der Waals surface area contributed by atoms with Crippen molar-refractivity contribution in [1.82, 2.24) is 10.1 Å². The van der Waals surface area contributed by atoms with Crippen LogP contribution in [0, 0.1) is 6.92 Å². The highest BCUT2D eigenvalue weighted by Gasteiger charge is 2.27. The maximum absolute atomic E-state index is 12.1. The van der Waals surface area contributed by atoms with Gasteiger partial charge in [0.15, 0.2) is 0 Å². The minimum atomic E-state index is -0.561. The van der Waals surface area contributed by atoms with Gasteiger partial charge in [-0.3, -0.25) is 9.69 Å². The average Bonchev–Trinajstić information content (AvgIpc) is 3.25. The second-order valence-corrected chi connectivity index (χ2v) is 7.72. The number of anilines is 2. The van der Waals surface area contributed by atoms with Crippen molar-refractivity contribution in [2.45, 2.75) is 44.6 Å². The van der Waals surface area contributed by atoms with E-state index in [1.54, 1.807) is 12.1 Å². The molecule has 1 fully saturated rings. The van der Waals surface area contributed by atoms with E-state index in [4.69, 9.17) is 15.0 Å². The molecule has 0 spiro atoms. The zero-order chi connectivity index (χ0) is 21.8. The highest BCUT2D eigenvalue weighted by atomic mass is 16.5. The van der Waals surface area contributed by atoms with Crippen LogP contribution in [0.25, 0.3) is 11.4 Å². The van der Waals surface area contributed by atoms with E-state index in [2.05, 4.69) is 10.1 Å². The van der Waals surface area contributed by atoms with E-state index >= 15 is 0 Å². The lowest BCUT2D eigenvalue weighted by Crippen LogP contribution is -2.31. The Morgan fingerprint density at radius 2 is 1.87 bits per heavy atom. The van der Waals surface area contributed by atoms with Crippen molar-refractivity contribution in [1.29, 1.82) is 0 Å². The Labute approximate surface area is 180 Å². The lowest BCUT2D eigenvalue weighted by atomic mass is 9.87. The topological polar surface area (TPSA) is 112 Å². The number of hydrogen-bond donors (Lipinski definition) is 1. The van der Waals surface area contributed by atoms with Crippen molar-refractivity contribution in [3.63, 3.8) is 0 Å². The second-order valence-electron chi connectivity index (χ2n) is 7.72. The van der Waals surface area contributed by atoms with Crippen LogP contribution in [0.15, 0.2) is 53.1 Å². The molecule has 0 atom stereocenters. The summed E-state index contributed by atoms with van der Waals surface area (Å²) in [6.45, 7) is 2.47. The fourth-order valence-electron chi connectivity index (χ4n) is 3.97. The van der Waals surface area contributed by atoms with Crippen LogP contribution >= 0.6 is 0 Å². The Hall–Kier alpha value is -3.68. The van der Waals surface area contributed by atoms with Gasteiger partial charge in [-0.25, -0.2) is 4.79 Å². The first-order chi connectivity index (χ1) is 15.0. The van der Waals surface area contributed by atoms with Gasteiger partial charge in [-0.15, -0.1) is 0 Å². The molecule has 1 aliphatic rings. The van der Waals surface area contributed by atoms with Gasteiger partial charge < -0.3 is 15.0 Å². The van der Waals surface area contributed by atoms with Gasteiger partial charge in [-0.2, -0.15) is 4.98 Å². The molecule has 2 aromatic carbocycles. The summed E-state index contributed by atoms with van der Waals surface area (Å²) in [7, 11) is 0. The van der Waals surface area contributed by atoms with Crippen LogP contribution in [0.4, 0.5) is 16.2 Å². The number of amides is 2. The number of aromatic nitrogens is 2. The summed E-state index contributed by atoms with van der Waals surface area (Å²) in [4.78, 5) is 28.6. The van der Waals surface area contributed by atoms with E-state index in [1.165, 1.54) is 4.90 Å². The van der Waals surface area contributed by atoms with Crippen LogP contribution in [0.1, 0.15) is 43.1 Å². The van der Waals surface area contributed by atoms with Crippen molar-refractivity contribution in [3.05, 3.63) is 60.0 Å². The van der Waals surface area contributed by atoms with E-state index < -0.39 is 6.03 Å². The fraction of sp³-hybridized carbons (Fsp3) is 0.304. The molecule has 160 valence electrons. The lowest BCUT2D eigenvalue weighted by molar-refractivity contribution is -0.135. The maximum Gasteiger partial charge on any atom is 0.323 e. The number of urea groups is 1. The second kappa shape index (κ2) is 8.99. The number of nitrogens with zero attached hydrogens (tertiary/aromatic N) is 3. The summed E-state index contributed by atoms with van der Waals surface area (Å²) in [5.41, 5.74) is 8.81. The number of rotatable bonds is 6. The summed E-state index contributed by atoms with van der Waals surface area (Å²) in [6.07, 6.45) is 3.23. The van der Waals surface area contributed by atoms with Crippen molar-refractivity contribution in [2.75, 3.05) is 4.90 Å². The third-order valence-corrected chi connectivity index (χ3v) is 5.58. The molecule has 8 heteroatoms. The summed E-state index contributed by atoms with van der Waals surface area (Å²) in [6, 6.07) is 14.3. The van der Waals surface area contributed by atoms with Gasteiger partial charge in [0.05, 0.1) is 11.4 Å². The Bertz CT molecular complexity index is 1060. The Morgan fingerprint density at radius 1 is 1.13 bits per heavy atom. The SMILES string of the molecule is Cc1cccc(N(C(N)=O)c2ccc(-c3noc(C4CCC(OC=O)CC4)n3)cc2)c1. The van der Waals surface area contributed by atoms with Crippen LogP contribution in [0.5, 0.6) is 0 Å². The first kappa shape index (κ1) is 20.6. The largest absolute Gasteiger partial charge is 0.465 e. The quantitative estimate of drug-likeness (QED) is 0.589. The molecule has 0 radical (unpaired) electrons. The summed E-state index contributed by atoms with van der Waals surface area (Å²) >= 11 is 0. The van der Waals surface area contributed by atoms with Crippen molar-refractivity contribution in [2.24, 2.45) is 5.73 Å². The summed E-state index contributed by atoms with van der Waals surface area (Å²) < 4.78 is 10.5. The number of primary amides is 1. The summed E-state index contributed by atoms with van der Waals surface area (Å²) in [5, 5.41) is 4.12. The molecule has 3 aromatic rings. The van der Waals surface area contributed by atoms with Crippen LogP contribution in [-0.2, 0) is 9.53 Å². The average molecular weight is 420 g/mol. The van der Waals surface area contributed by atoms with Crippen molar-refractivity contribution < 1.29 is 18.8 Å². The molecule has 0 unspecified atom stereocenters. The minimum absolute atomic E-state index is 0.0229. The Kier molecular flexibility index (Phi) is 5.97. The molecule has 1 saturated carbocycles. The van der Waals surface area contributed by atoms with Gasteiger partial charge in [0, 0.05) is 11.5 Å². The number of ether oxygens (including phenoxy) is 1. The van der Waals surface area contributed by atoms with Crippen LogP contribution in [0.3, 0.4) is 0 Å². The predicted molar refractivity (Wildman–Crippen MR) is 115 cm³/mol. The van der Waals surface area contributed by atoms with E-state index in [1.807, 2.05) is 43.3 Å². The third kappa shape index (κ3) is 4.58. The number of hydrogen-bond acceptors (Lipinski definition) is 6. The smallest absolute Gasteiger partial charge is 0.323 e. The van der Waals surface area contributed by atoms with Crippen LogP contribution < -0.4 is 10.6 Å². The fourth-order valence-corrected chi connectivity index (χ4v) is 3.97. The highest BCUT2D eigenvalue weighted by molar-refractivity contribution is 5.98. The van der Waals surface area contributed by atoms with Gasteiger partial charge >= 0.3 is 6.03 Å². The molecule has 2 N–H and O–H groups in total. The van der Waals surface area contributed by atoms with Crippen LogP contribution in [-0.4, -0.2) is 28.7 Å². The number of carbonyl (C=O) groups is 2. The third-order valence-electron chi connectivity index (χ3n) is 5.58. The Morgan fingerprint density at radius 3 is 2.52 bits per heavy atom. The van der Waals surface area contributed by atoms with Crippen LogP contribution in [0.2, 0.25) is 0 Å². The molecule has 31 heavy (non-hydrogen) atoms. The van der Waals surface area contributed by atoms with Gasteiger partial charge in [-0.1, -0.05) is 17.3 Å². The zero-order valence-corrected chi connectivity index (χ0v) is 17.2. The van der Waals surface area contributed by atoms with E-state index in [0.29, 0.717) is 29.6 Å². The molecule has 4 rings (SSSR count). The number of carbonyl (C=O) groups excluding carboxylic acids is 2. The molecular formula is C23H24N4O4. The van der Waals surface area contributed by atoms with Gasteiger partial charge in [-0.05, 0) is 74.6 Å². The molecule has 0 saturated heterocycles. The minimum Gasteiger partial charge on any atom is -0.465 e. The van der Waals surface area contributed by atoms with E-state index in [0.717, 1.165) is 36.8 Å². The number of aryl methyl sites for hydroxylation is 1. The first-order valence-corrected chi connectivity index (χ1v) is 10.2. The standard InChI is InChI=1S/C23H24N4O4/c1-15-3-2-4-19(13-15)27(23(24)29)18-9-5-16(6-10-18)21-25-22(31-26-21)17-7-11-20(12-8-17)30-14-28/h2-6,9-10,13-14,17,20H,7-8,11-12H2,1H3,(H2,24,29). The van der Waals surface area contributed by atoms with E-state index in [9.17, 15) is 9.59 Å². The van der Waals surface area contributed by atoms with Gasteiger partial charge in [0.2, 0.25) is 11.7 Å². The van der Waals surface area contributed by atoms with Crippen molar-refractivity contribution in [3.8, 4) is 11.4 Å². The highest BCUT2D eigenvalue weighted by Crippen LogP contribution is 2.34. The lowest BCUT2D eigenvalue weighted by Gasteiger charge is -2.24. The zero-order valence-electron chi connectivity index (χ0n) is 17.2. The van der Waals surface area contributed by atoms with Gasteiger partial charge in [0.1, 0.15) is 6.10 Å². The molecule has 8 nitrogen and oxygen atoms in total. The normalized spacial score (nSPS) is 18.4. The molecule has 1 aliphatic carbocycles. The molecular weight excluding hydrogens is 396 g/mol. The molecule has 1 heterocycles. The van der Waals surface area contributed by atoms with E-state index in [-0.39, 0.29) is 12.0 Å². The molecule has 1 aromatic heterocycles.